The summed E-state index contributed by atoms with van der Waals surface area (Å²) < 4.78 is 31.5. The average Bonchev–Trinajstić information content (AvgIpc) is 3.79. The molecule has 9 nitrogen and oxygen atoms in total. The molecule has 6 aliphatic rings. The lowest BCUT2D eigenvalue weighted by Crippen LogP contribution is -2.58. The maximum atomic E-state index is 13.7. The molecule has 1 saturated heterocycles. The van der Waals surface area contributed by atoms with Gasteiger partial charge in [0, 0.05) is 32.7 Å². The molecule has 0 radical (unpaired) electrons. The lowest BCUT2D eigenvalue weighted by Gasteiger charge is -2.56. The van der Waals surface area contributed by atoms with Crippen molar-refractivity contribution >= 4 is 34.1 Å². The molecule has 1 aliphatic heterocycles. The highest BCUT2D eigenvalue weighted by molar-refractivity contribution is 7.93. The monoisotopic (exact) mass is 609 g/mol. The first-order valence-corrected chi connectivity index (χ1v) is 16.6. The molecule has 4 bridgehead atoms. The van der Waals surface area contributed by atoms with Gasteiger partial charge < -0.3 is 14.5 Å². The Bertz CT molecular complexity index is 1190. The number of nitrogens with one attached hydrogen (secondary N) is 1. The number of hydrogen-bond acceptors (Lipinski definition) is 7. The van der Waals surface area contributed by atoms with Gasteiger partial charge >= 0.3 is 0 Å². The van der Waals surface area contributed by atoms with Crippen LogP contribution in [0.2, 0.25) is 0 Å². The van der Waals surface area contributed by atoms with Crippen molar-refractivity contribution in [3.8, 4) is 5.75 Å². The zero-order valence-corrected chi connectivity index (χ0v) is 25.6. The average molecular weight is 610 g/mol. The Morgan fingerprint density at radius 3 is 2.10 bits per heavy atom. The van der Waals surface area contributed by atoms with Crippen LogP contribution in [0.15, 0.2) is 29.2 Å². The number of likely N-dealkylation sites (tertiary alicyclic amines) is 1. The van der Waals surface area contributed by atoms with E-state index < -0.39 is 20.5 Å². The van der Waals surface area contributed by atoms with Gasteiger partial charge in [-0.25, -0.2) is 13.9 Å². The van der Waals surface area contributed by atoms with Crippen LogP contribution in [0.25, 0.3) is 0 Å². The number of carbonyl (C=O) groups excluding carboxylic acids is 2. The van der Waals surface area contributed by atoms with Crippen LogP contribution < -0.4 is 10.2 Å². The normalized spacial score (nSPS) is 30.3. The van der Waals surface area contributed by atoms with E-state index in [4.69, 9.17) is 4.74 Å². The summed E-state index contributed by atoms with van der Waals surface area (Å²) in [6, 6.07) is 6.67. The first-order valence-electron chi connectivity index (χ1n) is 15.1. The van der Waals surface area contributed by atoms with Crippen LogP contribution in [0.3, 0.4) is 0 Å². The summed E-state index contributed by atoms with van der Waals surface area (Å²) in [5.74, 6) is 2.20. The summed E-state index contributed by atoms with van der Waals surface area (Å²) in [7, 11) is -2.13. The van der Waals surface area contributed by atoms with Crippen molar-refractivity contribution in [2.24, 2.45) is 23.2 Å². The van der Waals surface area contributed by atoms with E-state index in [1.165, 1.54) is 31.4 Å². The number of halogens is 1. The van der Waals surface area contributed by atoms with Gasteiger partial charge in [0.1, 0.15) is 5.75 Å². The zero-order valence-electron chi connectivity index (χ0n) is 23.9. The summed E-state index contributed by atoms with van der Waals surface area (Å²) in [6.07, 6.45) is 10.3. The van der Waals surface area contributed by atoms with Gasteiger partial charge in [-0.2, -0.15) is 0 Å². The minimum atomic E-state index is -4.04. The van der Waals surface area contributed by atoms with Crippen molar-refractivity contribution in [3.05, 3.63) is 24.3 Å². The number of carbonyl (C=O) groups is 2. The molecule has 11 heteroatoms. The molecule has 6 fully saturated rings. The number of sulfone groups is 1. The Balaban J connectivity index is 0.00000337. The van der Waals surface area contributed by atoms with E-state index in [1.54, 1.807) is 17.6 Å². The molecule has 228 valence electrons. The first kappa shape index (κ1) is 30.6. The van der Waals surface area contributed by atoms with E-state index in [9.17, 15) is 23.2 Å². The highest BCUT2D eigenvalue weighted by atomic mass is 35.5. The molecule has 0 aromatic heterocycles. The van der Waals surface area contributed by atoms with Gasteiger partial charge in [0.15, 0.2) is 14.6 Å². The maximum Gasteiger partial charge on any atom is 0.265 e. The van der Waals surface area contributed by atoms with Crippen LogP contribution in [0.5, 0.6) is 5.75 Å². The summed E-state index contributed by atoms with van der Waals surface area (Å²) in [5.41, 5.74) is 1.49. The molecule has 1 aromatic carbocycles. The summed E-state index contributed by atoms with van der Waals surface area (Å²) in [5, 5.41) is 9.40. The fourth-order valence-corrected chi connectivity index (χ4v) is 10.7. The molecule has 5 saturated carbocycles. The van der Waals surface area contributed by atoms with Crippen molar-refractivity contribution < 1.29 is 28.0 Å². The Hall–Kier alpha value is -1.88. The quantitative estimate of drug-likeness (QED) is 0.235. The van der Waals surface area contributed by atoms with Crippen LogP contribution in [0.1, 0.15) is 70.6 Å². The maximum absolute atomic E-state index is 13.7. The number of hydroxylamine groups is 1. The molecule has 7 rings (SSSR count). The number of piperidine rings is 1. The Morgan fingerprint density at radius 1 is 1.02 bits per heavy atom. The van der Waals surface area contributed by atoms with Crippen LogP contribution in [-0.2, 0) is 19.4 Å². The molecule has 5 aliphatic carbocycles. The second kappa shape index (κ2) is 11.7. The van der Waals surface area contributed by atoms with E-state index in [1.807, 2.05) is 11.9 Å². The third-order valence-electron chi connectivity index (χ3n) is 10.6. The summed E-state index contributed by atoms with van der Waals surface area (Å²) in [6.45, 7) is 2.07. The van der Waals surface area contributed by atoms with E-state index in [0.717, 1.165) is 49.9 Å². The molecule has 0 unspecified atom stereocenters. The summed E-state index contributed by atoms with van der Waals surface area (Å²) >= 11 is 0. The second-order valence-corrected chi connectivity index (χ2v) is 15.6. The lowest BCUT2D eigenvalue weighted by atomic mass is 9.49. The van der Waals surface area contributed by atoms with Gasteiger partial charge in [-0.15, -0.1) is 12.4 Å². The van der Waals surface area contributed by atoms with Crippen LogP contribution in [0, 0.1) is 23.2 Å². The molecule has 1 aromatic rings. The van der Waals surface area contributed by atoms with Gasteiger partial charge in [0.2, 0.25) is 5.91 Å². The first-order chi connectivity index (χ1) is 19.2. The second-order valence-electron chi connectivity index (χ2n) is 13.3. The minimum Gasteiger partial charge on any atom is -0.494 e. The van der Waals surface area contributed by atoms with Crippen molar-refractivity contribution in [2.75, 3.05) is 33.3 Å². The smallest absolute Gasteiger partial charge is 0.265 e. The van der Waals surface area contributed by atoms with E-state index in [2.05, 4.69) is 4.90 Å². The topological polar surface area (TPSA) is 116 Å². The molecule has 2 N–H and O–H groups in total. The van der Waals surface area contributed by atoms with Crippen molar-refractivity contribution in [2.45, 2.75) is 86.3 Å². The van der Waals surface area contributed by atoms with Gasteiger partial charge in [-0.3, -0.25) is 14.8 Å². The third-order valence-corrected chi connectivity index (χ3v) is 13.1. The van der Waals surface area contributed by atoms with Crippen molar-refractivity contribution in [3.63, 3.8) is 0 Å². The van der Waals surface area contributed by atoms with Crippen LogP contribution in [-0.4, -0.2) is 79.3 Å². The Labute approximate surface area is 249 Å². The molecule has 41 heavy (non-hydrogen) atoms. The van der Waals surface area contributed by atoms with E-state index in [0.29, 0.717) is 50.4 Å². The fourth-order valence-electron chi connectivity index (χ4n) is 8.72. The Kier molecular flexibility index (Phi) is 8.69. The number of hydrogen-bond donors (Lipinski definition) is 2. The highest BCUT2D eigenvalue weighted by Gasteiger charge is 2.56. The number of rotatable bonds is 10. The molecular weight excluding hydrogens is 566 g/mol. The number of nitrogens with zero attached hydrogens (tertiary/aromatic N) is 2. The minimum absolute atomic E-state index is 0. The standard InChI is InChI=1S/C30H43N3O6S.ClH/c1-32(28(35)29-18-21-15-22(19-29)17-23(16-21)20-29)11-2-14-39-25-5-7-26(8-6-25)40(37,38)30(27(34)31-36)9-12-33(13-10-30)24-3-4-24;/h5-8,21-24,36H,2-4,9-20H2,1H3,(H,31,34);1H. The fraction of sp³-hybridized carbons (Fsp3) is 0.733. The number of amides is 2. The predicted molar refractivity (Wildman–Crippen MR) is 156 cm³/mol. The van der Waals surface area contributed by atoms with E-state index >= 15 is 0 Å². The van der Waals surface area contributed by atoms with Gasteiger partial charge in [0.25, 0.3) is 5.91 Å². The SMILES string of the molecule is CN(CCCOc1ccc(S(=O)(=O)C2(C(=O)NO)CCN(C3CC3)CC2)cc1)C(=O)C12CC3CC(CC(C3)C1)C2.Cl. The number of ether oxygens (including phenoxy) is 1. The molecule has 0 spiro atoms. The highest BCUT2D eigenvalue weighted by Crippen LogP contribution is 2.60. The Morgan fingerprint density at radius 2 is 1.59 bits per heavy atom. The van der Waals surface area contributed by atoms with Crippen molar-refractivity contribution in [1.82, 2.24) is 15.3 Å². The van der Waals surface area contributed by atoms with Crippen molar-refractivity contribution in [1.29, 1.82) is 0 Å². The molecule has 0 atom stereocenters. The zero-order chi connectivity index (χ0) is 28.1. The van der Waals surface area contributed by atoms with Gasteiger partial charge in [-0.1, -0.05) is 0 Å². The predicted octanol–water partition coefficient (Wildman–Crippen LogP) is 3.83. The van der Waals surface area contributed by atoms with Crippen LogP contribution >= 0.6 is 12.4 Å². The molecular formula is C30H44ClN3O6S. The van der Waals surface area contributed by atoms with E-state index in [-0.39, 0.29) is 35.6 Å². The van der Waals surface area contributed by atoms with Gasteiger partial charge in [0.05, 0.1) is 16.9 Å². The molecule has 2 amide bonds. The molecule has 1 heterocycles. The lowest BCUT2D eigenvalue weighted by molar-refractivity contribution is -0.156. The number of benzene rings is 1. The van der Waals surface area contributed by atoms with Crippen LogP contribution in [0.4, 0.5) is 0 Å². The summed E-state index contributed by atoms with van der Waals surface area (Å²) in [4.78, 5) is 30.3. The van der Waals surface area contributed by atoms with Gasteiger partial charge in [-0.05, 0) is 113 Å². The third kappa shape index (κ3) is 5.61. The largest absolute Gasteiger partial charge is 0.494 e.